The van der Waals surface area contributed by atoms with Crippen LogP contribution in [0.25, 0.3) is 11.3 Å². The number of carbonyl (C=O) groups excluding carboxylic acids is 1. The molecule has 1 aromatic carbocycles. The molecule has 8 nitrogen and oxygen atoms in total. The molecule has 0 radical (unpaired) electrons. The van der Waals surface area contributed by atoms with Gasteiger partial charge in [-0.25, -0.2) is 14.4 Å². The average Bonchev–Trinajstić information content (AvgIpc) is 3.19. The molecule has 2 unspecified atom stereocenters. The molecular weight excluding hydrogens is 435 g/mol. The molecule has 1 saturated heterocycles. The minimum absolute atomic E-state index is 0.0423. The molecule has 0 bridgehead atoms. The maximum atomic E-state index is 13.9. The Morgan fingerprint density at radius 3 is 2.50 bits per heavy atom. The molecule has 9 heteroatoms. The fraction of sp³-hybridized carbons (Fsp3) is 0.400. The lowest BCUT2D eigenvalue weighted by molar-refractivity contribution is 0.0784. The Kier molecular flexibility index (Phi) is 4.93. The Morgan fingerprint density at radius 1 is 1.09 bits per heavy atom. The summed E-state index contributed by atoms with van der Waals surface area (Å²) in [4.78, 5) is 25.6. The third-order valence-electron chi connectivity index (χ3n) is 6.81. The predicted molar refractivity (Wildman–Crippen MR) is 122 cm³/mol. The third kappa shape index (κ3) is 3.74. The summed E-state index contributed by atoms with van der Waals surface area (Å²) in [7, 11) is 0. The van der Waals surface area contributed by atoms with Crippen LogP contribution in [-0.2, 0) is 0 Å². The molecule has 34 heavy (non-hydrogen) atoms. The monoisotopic (exact) mass is 460 g/mol. The molecule has 1 aliphatic heterocycles. The molecule has 1 saturated carbocycles. The van der Waals surface area contributed by atoms with Crippen molar-refractivity contribution in [3.05, 3.63) is 65.3 Å². The van der Waals surface area contributed by atoms with Crippen LogP contribution in [0, 0.1) is 31.5 Å². The van der Waals surface area contributed by atoms with Crippen LogP contribution in [-0.4, -0.2) is 55.0 Å². The van der Waals surface area contributed by atoms with Crippen LogP contribution in [0.2, 0.25) is 0 Å². The van der Waals surface area contributed by atoms with Gasteiger partial charge in [-0.15, -0.1) is 0 Å². The number of hydrogen-bond donors (Lipinski definition) is 0. The van der Waals surface area contributed by atoms with Gasteiger partial charge in [-0.3, -0.25) is 4.79 Å². The lowest BCUT2D eigenvalue weighted by Crippen LogP contribution is -2.30. The summed E-state index contributed by atoms with van der Waals surface area (Å²) in [6.07, 6.45) is 8.50. The van der Waals surface area contributed by atoms with Crippen molar-refractivity contribution in [2.75, 3.05) is 13.1 Å². The topological polar surface area (TPSA) is 86.0 Å². The van der Waals surface area contributed by atoms with Crippen LogP contribution in [0.15, 0.2) is 36.7 Å². The van der Waals surface area contributed by atoms with Crippen LogP contribution >= 0.6 is 0 Å². The van der Waals surface area contributed by atoms with Gasteiger partial charge in [0.15, 0.2) is 11.6 Å². The Morgan fingerprint density at radius 2 is 1.82 bits per heavy atom. The highest BCUT2D eigenvalue weighted by atomic mass is 19.1. The van der Waals surface area contributed by atoms with Gasteiger partial charge in [0.25, 0.3) is 5.91 Å². The molecule has 6 rings (SSSR count). The van der Waals surface area contributed by atoms with Gasteiger partial charge in [0, 0.05) is 19.2 Å². The Balaban J connectivity index is 1.23. The van der Waals surface area contributed by atoms with Crippen LogP contribution in [0.4, 0.5) is 4.39 Å². The number of halogens is 1. The highest BCUT2D eigenvalue weighted by Gasteiger charge is 2.40. The quantitative estimate of drug-likeness (QED) is 0.579. The van der Waals surface area contributed by atoms with E-state index in [2.05, 4.69) is 26.2 Å². The number of likely N-dealkylation sites (tertiary alicyclic amines) is 1. The number of aryl methyl sites for hydroxylation is 2. The first kappa shape index (κ1) is 20.9. The molecule has 3 aromatic rings. The highest BCUT2D eigenvalue weighted by Crippen LogP contribution is 2.41. The minimum atomic E-state index is -0.352. The van der Waals surface area contributed by atoms with Crippen molar-refractivity contribution >= 4 is 11.5 Å². The van der Waals surface area contributed by atoms with Crippen molar-refractivity contribution in [1.29, 1.82) is 0 Å². The smallest absolute Gasteiger partial charge is 0.256 e. The number of benzene rings is 1. The predicted octanol–water partition coefficient (Wildman–Crippen LogP) is 3.53. The average molecular weight is 461 g/mol. The maximum absolute atomic E-state index is 13.9. The fourth-order valence-electron chi connectivity index (χ4n) is 4.91. The molecule has 1 amide bonds. The fourth-order valence-corrected chi connectivity index (χ4v) is 4.91. The second kappa shape index (κ2) is 8.00. The zero-order valence-electron chi connectivity index (χ0n) is 19.1. The summed E-state index contributed by atoms with van der Waals surface area (Å²) in [6, 6.07) is 5.51. The standard InChI is InChI=1S/C25H25FN6O2/c1-14-23(26)15(2)30-24(29-14)16-9-17-12-31(13-18(17)10-16)25(33)21-6-5-20(34-19-3-4-19)11-22(21)32-27-7-8-28-32/h5-9,11,17-19H,3-4,10,12-13H2,1-2H3. The highest BCUT2D eigenvalue weighted by molar-refractivity contribution is 5.98. The molecule has 2 aliphatic carbocycles. The Hall–Kier alpha value is -3.62. The molecular formula is C25H25FN6O2. The van der Waals surface area contributed by atoms with E-state index in [1.54, 1.807) is 26.2 Å². The second-order valence-corrected chi connectivity index (χ2v) is 9.38. The maximum Gasteiger partial charge on any atom is 0.256 e. The van der Waals surface area contributed by atoms with Gasteiger partial charge in [-0.1, -0.05) is 6.08 Å². The molecule has 2 atom stereocenters. The number of nitrogens with zero attached hydrogens (tertiary/aromatic N) is 6. The first-order valence-corrected chi connectivity index (χ1v) is 11.6. The summed E-state index contributed by atoms with van der Waals surface area (Å²) in [5.74, 6) is 1.47. The summed E-state index contributed by atoms with van der Waals surface area (Å²) < 4.78 is 19.9. The number of allylic oxidation sites excluding steroid dienone is 1. The van der Waals surface area contributed by atoms with E-state index in [1.165, 1.54) is 4.80 Å². The zero-order valence-corrected chi connectivity index (χ0v) is 19.1. The van der Waals surface area contributed by atoms with Crippen molar-refractivity contribution in [2.24, 2.45) is 11.8 Å². The van der Waals surface area contributed by atoms with Crippen LogP contribution in [0.5, 0.6) is 5.75 Å². The van der Waals surface area contributed by atoms with E-state index in [0.29, 0.717) is 47.5 Å². The van der Waals surface area contributed by atoms with Crippen molar-refractivity contribution in [1.82, 2.24) is 29.9 Å². The van der Waals surface area contributed by atoms with Crippen molar-refractivity contribution in [3.63, 3.8) is 0 Å². The normalized spacial score (nSPS) is 21.5. The Bertz CT molecular complexity index is 1280. The van der Waals surface area contributed by atoms with E-state index in [9.17, 15) is 9.18 Å². The molecule has 174 valence electrons. The van der Waals surface area contributed by atoms with Gasteiger partial charge in [0.2, 0.25) is 0 Å². The lowest BCUT2D eigenvalue weighted by atomic mass is 10.00. The first-order valence-electron chi connectivity index (χ1n) is 11.6. The summed E-state index contributed by atoms with van der Waals surface area (Å²) in [5, 5.41) is 8.48. The summed E-state index contributed by atoms with van der Waals surface area (Å²) in [6.45, 7) is 4.60. The SMILES string of the molecule is Cc1nc(C2=CC3CN(C(=O)c4ccc(OC5CC5)cc4-n4nccn4)CC3C2)nc(C)c1F. The number of rotatable bonds is 5. The Labute approximate surface area is 196 Å². The molecule has 0 N–H and O–H groups in total. The molecule has 0 spiro atoms. The van der Waals surface area contributed by atoms with E-state index in [4.69, 9.17) is 4.74 Å². The lowest BCUT2D eigenvalue weighted by Gasteiger charge is -2.19. The van der Waals surface area contributed by atoms with E-state index >= 15 is 0 Å². The molecule has 2 fully saturated rings. The number of ether oxygens (including phenoxy) is 1. The van der Waals surface area contributed by atoms with Gasteiger partial charge >= 0.3 is 0 Å². The van der Waals surface area contributed by atoms with Gasteiger partial charge in [0.1, 0.15) is 11.4 Å². The van der Waals surface area contributed by atoms with Crippen LogP contribution in [0.3, 0.4) is 0 Å². The third-order valence-corrected chi connectivity index (χ3v) is 6.81. The number of amides is 1. The van der Waals surface area contributed by atoms with E-state index in [1.807, 2.05) is 23.1 Å². The summed E-state index contributed by atoms with van der Waals surface area (Å²) >= 11 is 0. The van der Waals surface area contributed by atoms with Gasteiger partial charge in [0.05, 0.1) is 35.4 Å². The largest absolute Gasteiger partial charge is 0.490 e. The molecule has 2 aromatic heterocycles. The van der Waals surface area contributed by atoms with E-state index in [0.717, 1.165) is 30.6 Å². The number of fused-ring (bicyclic) bond motifs is 1. The first-order chi connectivity index (χ1) is 16.5. The van der Waals surface area contributed by atoms with Gasteiger partial charge < -0.3 is 9.64 Å². The minimum Gasteiger partial charge on any atom is -0.490 e. The van der Waals surface area contributed by atoms with E-state index < -0.39 is 0 Å². The number of aromatic nitrogens is 5. The van der Waals surface area contributed by atoms with Crippen molar-refractivity contribution in [2.45, 2.75) is 39.2 Å². The van der Waals surface area contributed by atoms with Crippen LogP contribution in [0.1, 0.15) is 46.8 Å². The second-order valence-electron chi connectivity index (χ2n) is 9.38. The molecule has 3 heterocycles. The van der Waals surface area contributed by atoms with E-state index in [-0.39, 0.29) is 23.7 Å². The van der Waals surface area contributed by atoms with Crippen LogP contribution < -0.4 is 4.74 Å². The van der Waals surface area contributed by atoms with Gasteiger partial charge in [-0.05, 0) is 62.7 Å². The number of hydrogen-bond acceptors (Lipinski definition) is 6. The van der Waals surface area contributed by atoms with Crippen molar-refractivity contribution < 1.29 is 13.9 Å². The summed E-state index contributed by atoms with van der Waals surface area (Å²) in [5.41, 5.74) is 2.94. The molecule has 3 aliphatic rings. The van der Waals surface area contributed by atoms with Gasteiger partial charge in [-0.2, -0.15) is 15.0 Å². The number of carbonyl (C=O) groups is 1. The van der Waals surface area contributed by atoms with Crippen molar-refractivity contribution in [3.8, 4) is 11.4 Å². The zero-order chi connectivity index (χ0) is 23.4.